The number of aryl methyl sites for hydroxylation is 1. The van der Waals surface area contributed by atoms with E-state index in [0.717, 1.165) is 39.0 Å². The first kappa shape index (κ1) is 20.9. The zero-order valence-corrected chi connectivity index (χ0v) is 19.3. The molecule has 2 aromatic heterocycles. The van der Waals surface area contributed by atoms with Crippen LogP contribution in [0.4, 0.5) is 0 Å². The predicted octanol–water partition coefficient (Wildman–Crippen LogP) is 7.01. The van der Waals surface area contributed by atoms with Gasteiger partial charge in [0.05, 0.1) is 22.3 Å². The first-order valence-electron chi connectivity index (χ1n) is 11.6. The average Bonchev–Trinajstić information content (AvgIpc) is 3.27. The third kappa shape index (κ3) is 3.75. The number of hydrogen-bond acceptors (Lipinski definition) is 2. The molecule has 0 spiro atoms. The summed E-state index contributed by atoms with van der Waals surface area (Å²) in [6, 6.07) is 34.0. The number of rotatable bonds is 4. The van der Waals surface area contributed by atoms with Crippen molar-refractivity contribution in [3.8, 4) is 16.9 Å². The second kappa shape index (κ2) is 8.58. The third-order valence-corrected chi connectivity index (χ3v) is 6.30. The van der Waals surface area contributed by atoms with Crippen molar-refractivity contribution in [3.05, 3.63) is 130 Å². The smallest absolute Gasteiger partial charge is 0.266 e. The Bertz CT molecular complexity index is 1760. The van der Waals surface area contributed by atoms with Gasteiger partial charge in [0.2, 0.25) is 0 Å². The second-order valence-electron chi connectivity index (χ2n) is 8.62. The maximum atomic E-state index is 13.6. The zero-order chi connectivity index (χ0) is 23.8. The lowest BCUT2D eigenvalue weighted by Crippen LogP contribution is -2.22. The van der Waals surface area contributed by atoms with Gasteiger partial charge in [-0.15, -0.1) is 0 Å². The molecule has 4 aromatic carbocycles. The van der Waals surface area contributed by atoms with E-state index in [1.165, 1.54) is 0 Å². The van der Waals surface area contributed by atoms with Gasteiger partial charge < -0.3 is 4.98 Å². The molecule has 0 radical (unpaired) electrons. The Kier molecular flexibility index (Phi) is 5.12. The van der Waals surface area contributed by atoms with Crippen LogP contribution in [0.15, 0.2) is 108 Å². The van der Waals surface area contributed by atoms with Crippen LogP contribution in [0.25, 0.3) is 50.9 Å². The number of hydrogen-bond donors (Lipinski definition) is 1. The van der Waals surface area contributed by atoms with Crippen molar-refractivity contribution in [2.45, 2.75) is 6.92 Å². The van der Waals surface area contributed by atoms with Gasteiger partial charge in [0.15, 0.2) is 0 Å². The standard InChI is InChI=1S/C31H23N3O/c1-21-15-17-23(18-16-21)34-29(32-28-14-8-6-12-26(28)31(34)35)20-19-25-24-11-5-7-13-27(24)33-30(25)22-9-3-2-4-10-22/h2-20,33H,1H3/b20-19+. The van der Waals surface area contributed by atoms with E-state index in [9.17, 15) is 4.79 Å². The molecule has 0 bridgehead atoms. The average molecular weight is 454 g/mol. The summed E-state index contributed by atoms with van der Waals surface area (Å²) in [5.41, 5.74) is 6.79. The molecular weight excluding hydrogens is 430 g/mol. The Morgan fingerprint density at radius 2 is 1.43 bits per heavy atom. The number of H-pyrrole nitrogens is 1. The fraction of sp³-hybridized carbons (Fsp3) is 0.0323. The van der Waals surface area contributed by atoms with Gasteiger partial charge in [0.1, 0.15) is 5.82 Å². The molecule has 6 aromatic rings. The lowest BCUT2D eigenvalue weighted by Gasteiger charge is -2.12. The molecule has 2 heterocycles. The minimum atomic E-state index is -0.0821. The summed E-state index contributed by atoms with van der Waals surface area (Å²) in [6.45, 7) is 2.04. The van der Waals surface area contributed by atoms with Gasteiger partial charge in [-0.2, -0.15) is 0 Å². The fourth-order valence-corrected chi connectivity index (χ4v) is 4.53. The number of para-hydroxylation sites is 2. The summed E-state index contributed by atoms with van der Waals surface area (Å²) in [5, 5.41) is 1.72. The highest BCUT2D eigenvalue weighted by molar-refractivity contribution is 5.98. The molecule has 0 unspecified atom stereocenters. The second-order valence-corrected chi connectivity index (χ2v) is 8.62. The highest BCUT2D eigenvalue weighted by Gasteiger charge is 2.13. The van der Waals surface area contributed by atoms with Crippen LogP contribution >= 0.6 is 0 Å². The maximum absolute atomic E-state index is 13.6. The highest BCUT2D eigenvalue weighted by atomic mass is 16.1. The van der Waals surface area contributed by atoms with E-state index in [-0.39, 0.29) is 5.56 Å². The summed E-state index contributed by atoms with van der Waals surface area (Å²) >= 11 is 0. The SMILES string of the molecule is Cc1ccc(-n2c(/C=C/c3c(-c4ccccc4)[nH]c4ccccc34)nc3ccccc3c2=O)cc1. The minimum Gasteiger partial charge on any atom is -0.354 e. The Labute approximate surface area is 202 Å². The molecule has 168 valence electrons. The Hall–Kier alpha value is -4.70. The van der Waals surface area contributed by atoms with Crippen LogP contribution in [0, 0.1) is 6.92 Å². The van der Waals surface area contributed by atoms with E-state index in [1.54, 1.807) is 4.57 Å². The van der Waals surface area contributed by atoms with Gasteiger partial charge in [-0.3, -0.25) is 9.36 Å². The van der Waals surface area contributed by atoms with Gasteiger partial charge in [0.25, 0.3) is 5.56 Å². The number of nitrogens with zero attached hydrogens (tertiary/aromatic N) is 2. The van der Waals surface area contributed by atoms with Crippen LogP contribution in [0.2, 0.25) is 0 Å². The third-order valence-electron chi connectivity index (χ3n) is 6.30. The van der Waals surface area contributed by atoms with Crippen molar-refractivity contribution in [3.63, 3.8) is 0 Å². The maximum Gasteiger partial charge on any atom is 0.266 e. The molecule has 4 nitrogen and oxygen atoms in total. The van der Waals surface area contributed by atoms with Crippen molar-refractivity contribution in [1.29, 1.82) is 0 Å². The molecule has 0 fully saturated rings. The van der Waals surface area contributed by atoms with E-state index >= 15 is 0 Å². The van der Waals surface area contributed by atoms with E-state index < -0.39 is 0 Å². The van der Waals surface area contributed by atoms with Crippen molar-refractivity contribution in [2.24, 2.45) is 0 Å². The van der Waals surface area contributed by atoms with Crippen LogP contribution in [0.3, 0.4) is 0 Å². The molecule has 1 N–H and O–H groups in total. The fourth-order valence-electron chi connectivity index (χ4n) is 4.53. The van der Waals surface area contributed by atoms with Crippen LogP contribution in [0.1, 0.15) is 17.0 Å². The Morgan fingerprint density at radius 3 is 2.23 bits per heavy atom. The first-order valence-corrected chi connectivity index (χ1v) is 11.6. The molecule has 6 rings (SSSR count). The number of nitrogens with one attached hydrogen (secondary N) is 1. The van der Waals surface area contributed by atoms with Crippen LogP contribution in [-0.2, 0) is 0 Å². The molecule has 35 heavy (non-hydrogen) atoms. The van der Waals surface area contributed by atoms with Crippen molar-refractivity contribution < 1.29 is 0 Å². The summed E-state index contributed by atoms with van der Waals surface area (Å²) in [6.07, 6.45) is 4.00. The van der Waals surface area contributed by atoms with Crippen LogP contribution in [0.5, 0.6) is 0 Å². The van der Waals surface area contributed by atoms with Gasteiger partial charge in [-0.25, -0.2) is 4.98 Å². The molecule has 0 aliphatic heterocycles. The molecule has 4 heteroatoms. The molecule has 0 saturated carbocycles. The van der Waals surface area contributed by atoms with Crippen LogP contribution < -0.4 is 5.56 Å². The number of fused-ring (bicyclic) bond motifs is 2. The summed E-state index contributed by atoms with van der Waals surface area (Å²) < 4.78 is 1.69. The first-order chi connectivity index (χ1) is 17.2. The topological polar surface area (TPSA) is 50.7 Å². The number of aromatic amines is 1. The molecule has 0 amide bonds. The Balaban J connectivity index is 1.59. The van der Waals surface area contributed by atoms with E-state index in [0.29, 0.717) is 16.7 Å². The lowest BCUT2D eigenvalue weighted by molar-refractivity contribution is 0.943. The zero-order valence-electron chi connectivity index (χ0n) is 19.3. The van der Waals surface area contributed by atoms with Crippen molar-refractivity contribution in [2.75, 3.05) is 0 Å². The largest absolute Gasteiger partial charge is 0.354 e. The van der Waals surface area contributed by atoms with E-state index in [2.05, 4.69) is 35.3 Å². The van der Waals surface area contributed by atoms with Gasteiger partial charge in [-0.05, 0) is 55.0 Å². The molecule has 0 atom stereocenters. The predicted molar refractivity (Wildman–Crippen MR) is 145 cm³/mol. The Morgan fingerprint density at radius 1 is 0.743 bits per heavy atom. The molecule has 0 aliphatic rings. The monoisotopic (exact) mass is 453 g/mol. The highest BCUT2D eigenvalue weighted by Crippen LogP contribution is 2.32. The lowest BCUT2D eigenvalue weighted by atomic mass is 10.0. The summed E-state index contributed by atoms with van der Waals surface area (Å²) in [7, 11) is 0. The normalized spacial score (nSPS) is 11.6. The van der Waals surface area contributed by atoms with Crippen LogP contribution in [-0.4, -0.2) is 14.5 Å². The van der Waals surface area contributed by atoms with E-state index in [4.69, 9.17) is 4.98 Å². The van der Waals surface area contributed by atoms with Gasteiger partial charge in [0, 0.05) is 16.5 Å². The quantitative estimate of drug-likeness (QED) is 0.312. The minimum absolute atomic E-state index is 0.0821. The number of aromatic nitrogens is 3. The van der Waals surface area contributed by atoms with Gasteiger partial charge >= 0.3 is 0 Å². The summed E-state index contributed by atoms with van der Waals surface area (Å²) in [5.74, 6) is 0.585. The molecule has 0 aliphatic carbocycles. The molecule has 0 saturated heterocycles. The van der Waals surface area contributed by atoms with E-state index in [1.807, 2.05) is 91.9 Å². The van der Waals surface area contributed by atoms with Gasteiger partial charge in [-0.1, -0.05) is 78.4 Å². The van der Waals surface area contributed by atoms with Crippen molar-refractivity contribution >= 4 is 34.0 Å². The molecular formula is C31H23N3O. The summed E-state index contributed by atoms with van der Waals surface area (Å²) in [4.78, 5) is 22.0. The van der Waals surface area contributed by atoms with Crippen molar-refractivity contribution in [1.82, 2.24) is 14.5 Å². The number of benzene rings is 4.